The van der Waals surface area contributed by atoms with E-state index >= 15 is 0 Å². The molecule has 1 amide bonds. The summed E-state index contributed by atoms with van der Waals surface area (Å²) < 4.78 is 5.09. The lowest BCUT2D eigenvalue weighted by atomic mass is 10.2. The number of carbonyl (C=O) groups is 1. The highest BCUT2D eigenvalue weighted by molar-refractivity contribution is 6.53. The maximum absolute atomic E-state index is 11.4. The van der Waals surface area contributed by atoms with Crippen LogP contribution < -0.4 is 0 Å². The number of rotatable bonds is 2. The summed E-state index contributed by atoms with van der Waals surface area (Å²) in [5.41, 5.74) is 0. The number of halogens is 2. The van der Waals surface area contributed by atoms with Crippen molar-refractivity contribution in [2.45, 2.75) is 10.9 Å². The zero-order valence-electron chi connectivity index (χ0n) is 6.95. The fourth-order valence-corrected chi connectivity index (χ4v) is 1.47. The molecule has 0 radical (unpaired) electrons. The third-order valence-electron chi connectivity index (χ3n) is 1.91. The Balaban J connectivity index is 2.58. The van der Waals surface area contributed by atoms with Gasteiger partial charge in [0.15, 0.2) is 4.84 Å². The Morgan fingerprint density at radius 2 is 2.38 bits per heavy atom. The number of carbonyl (C=O) groups excluding carboxylic acids is 1. The number of amides is 1. The van der Waals surface area contributed by atoms with Gasteiger partial charge in [0.2, 0.25) is 0 Å². The van der Waals surface area contributed by atoms with Crippen LogP contribution in [0.5, 0.6) is 0 Å². The Kier molecular flexibility index (Phi) is 4.25. The lowest BCUT2D eigenvalue weighted by Crippen LogP contribution is -2.52. The third-order valence-corrected chi connectivity index (χ3v) is 2.28. The lowest BCUT2D eigenvalue weighted by molar-refractivity contribution is -0.139. The number of hydrogen-bond donors (Lipinski definition) is 1. The zero-order valence-corrected chi connectivity index (χ0v) is 8.46. The van der Waals surface area contributed by atoms with E-state index < -0.39 is 4.84 Å². The van der Waals surface area contributed by atoms with Crippen molar-refractivity contribution in [2.75, 3.05) is 26.4 Å². The molecule has 0 saturated carbocycles. The molecular formula is C7H11Cl2NO3. The fourth-order valence-electron chi connectivity index (χ4n) is 1.22. The molecule has 0 aliphatic carbocycles. The van der Waals surface area contributed by atoms with Crippen LogP contribution in [0.2, 0.25) is 0 Å². The molecule has 1 saturated heterocycles. The van der Waals surface area contributed by atoms with E-state index in [9.17, 15) is 4.79 Å². The summed E-state index contributed by atoms with van der Waals surface area (Å²) in [5.74, 6) is -0.370. The average Bonchev–Trinajstić information content (AvgIpc) is 2.16. The molecule has 1 aliphatic heterocycles. The SMILES string of the molecule is O=C(C(Cl)Cl)N1CCOCC1CO. The van der Waals surface area contributed by atoms with Crippen molar-refractivity contribution in [3.05, 3.63) is 0 Å². The molecule has 0 spiro atoms. The molecule has 1 atom stereocenters. The molecule has 1 rings (SSSR count). The molecule has 1 aliphatic rings. The van der Waals surface area contributed by atoms with Crippen LogP contribution in [0.15, 0.2) is 0 Å². The monoisotopic (exact) mass is 227 g/mol. The van der Waals surface area contributed by atoms with Gasteiger partial charge in [-0.3, -0.25) is 4.79 Å². The van der Waals surface area contributed by atoms with Crippen molar-refractivity contribution < 1.29 is 14.6 Å². The Labute approximate surface area is 86.4 Å². The van der Waals surface area contributed by atoms with E-state index in [0.29, 0.717) is 19.8 Å². The topological polar surface area (TPSA) is 49.8 Å². The summed E-state index contributed by atoms with van der Waals surface area (Å²) in [6.07, 6.45) is 0. The number of alkyl halides is 2. The second-order valence-corrected chi connectivity index (χ2v) is 3.84. The standard InChI is InChI=1S/C7H11Cl2NO3/c8-6(9)7(12)10-1-2-13-4-5(10)3-11/h5-6,11H,1-4H2. The molecule has 1 N–H and O–H groups in total. The Hall–Kier alpha value is -0.0300. The first-order chi connectivity index (χ1) is 6.16. The molecule has 0 aromatic carbocycles. The minimum atomic E-state index is -1.06. The molecule has 1 unspecified atom stereocenters. The maximum atomic E-state index is 11.4. The lowest BCUT2D eigenvalue weighted by Gasteiger charge is -2.34. The summed E-state index contributed by atoms with van der Waals surface area (Å²) in [6.45, 7) is 1.09. The Morgan fingerprint density at radius 3 is 2.92 bits per heavy atom. The van der Waals surface area contributed by atoms with E-state index in [0.717, 1.165) is 0 Å². The second kappa shape index (κ2) is 5.00. The van der Waals surface area contributed by atoms with Crippen molar-refractivity contribution in [3.63, 3.8) is 0 Å². The van der Waals surface area contributed by atoms with Crippen LogP contribution in [-0.2, 0) is 9.53 Å². The zero-order chi connectivity index (χ0) is 9.84. The van der Waals surface area contributed by atoms with Gasteiger partial charge in [0.25, 0.3) is 5.91 Å². The van der Waals surface area contributed by atoms with Crippen LogP contribution in [0.25, 0.3) is 0 Å². The highest BCUT2D eigenvalue weighted by atomic mass is 35.5. The quantitative estimate of drug-likeness (QED) is 0.677. The van der Waals surface area contributed by atoms with Gasteiger partial charge in [0, 0.05) is 6.54 Å². The Morgan fingerprint density at radius 1 is 1.69 bits per heavy atom. The Bertz CT molecular complexity index is 189. The summed E-state index contributed by atoms with van der Waals surface area (Å²) in [7, 11) is 0. The predicted molar refractivity (Wildman–Crippen MR) is 48.9 cm³/mol. The van der Waals surface area contributed by atoms with E-state index in [1.807, 2.05) is 0 Å². The van der Waals surface area contributed by atoms with Crippen LogP contribution >= 0.6 is 23.2 Å². The number of nitrogens with zero attached hydrogens (tertiary/aromatic N) is 1. The molecule has 0 aromatic heterocycles. The van der Waals surface area contributed by atoms with Crippen LogP contribution in [0.3, 0.4) is 0 Å². The van der Waals surface area contributed by atoms with Crippen molar-refractivity contribution in [3.8, 4) is 0 Å². The number of hydrogen-bond acceptors (Lipinski definition) is 3. The number of morpholine rings is 1. The minimum absolute atomic E-state index is 0.133. The predicted octanol–water partition coefficient (Wildman–Crippen LogP) is 0.00980. The fraction of sp³-hybridized carbons (Fsp3) is 0.857. The molecule has 76 valence electrons. The molecule has 4 nitrogen and oxygen atoms in total. The van der Waals surface area contributed by atoms with Gasteiger partial charge < -0.3 is 14.7 Å². The van der Waals surface area contributed by atoms with Crippen LogP contribution in [0.1, 0.15) is 0 Å². The van der Waals surface area contributed by atoms with Crippen LogP contribution in [-0.4, -0.2) is 53.2 Å². The van der Waals surface area contributed by atoms with E-state index in [2.05, 4.69) is 0 Å². The van der Waals surface area contributed by atoms with E-state index in [4.69, 9.17) is 33.0 Å². The average molecular weight is 228 g/mol. The van der Waals surface area contributed by atoms with Gasteiger partial charge in [-0.1, -0.05) is 23.2 Å². The number of aliphatic hydroxyl groups excluding tert-OH is 1. The van der Waals surface area contributed by atoms with Crippen molar-refractivity contribution in [2.24, 2.45) is 0 Å². The van der Waals surface area contributed by atoms with Crippen molar-refractivity contribution >= 4 is 29.1 Å². The normalized spacial score (nSPS) is 23.7. The molecule has 0 aromatic rings. The minimum Gasteiger partial charge on any atom is -0.394 e. The number of ether oxygens (including phenoxy) is 1. The summed E-state index contributed by atoms with van der Waals surface area (Å²) in [6, 6.07) is -0.318. The van der Waals surface area contributed by atoms with Crippen LogP contribution in [0.4, 0.5) is 0 Å². The van der Waals surface area contributed by atoms with Gasteiger partial charge in [-0.05, 0) is 0 Å². The summed E-state index contributed by atoms with van der Waals surface area (Å²) >= 11 is 10.9. The molecule has 0 bridgehead atoms. The van der Waals surface area contributed by atoms with Gasteiger partial charge in [0.05, 0.1) is 25.9 Å². The molecule has 13 heavy (non-hydrogen) atoms. The van der Waals surface area contributed by atoms with Gasteiger partial charge in [-0.25, -0.2) is 0 Å². The van der Waals surface area contributed by atoms with Crippen LogP contribution in [0, 0.1) is 0 Å². The molecule has 6 heteroatoms. The third kappa shape index (κ3) is 2.71. The van der Waals surface area contributed by atoms with E-state index in [-0.39, 0.29) is 18.6 Å². The second-order valence-electron chi connectivity index (χ2n) is 2.74. The molecular weight excluding hydrogens is 217 g/mol. The first-order valence-corrected chi connectivity index (χ1v) is 4.81. The highest BCUT2D eigenvalue weighted by Gasteiger charge is 2.29. The highest BCUT2D eigenvalue weighted by Crippen LogP contribution is 2.13. The largest absolute Gasteiger partial charge is 0.394 e. The summed E-state index contributed by atoms with van der Waals surface area (Å²) in [5, 5.41) is 8.93. The van der Waals surface area contributed by atoms with Gasteiger partial charge in [-0.15, -0.1) is 0 Å². The molecule has 1 fully saturated rings. The summed E-state index contributed by atoms with van der Waals surface area (Å²) in [4.78, 5) is 11.8. The van der Waals surface area contributed by atoms with Gasteiger partial charge in [0.1, 0.15) is 0 Å². The first-order valence-electron chi connectivity index (χ1n) is 3.94. The first kappa shape index (κ1) is 11.0. The van der Waals surface area contributed by atoms with Gasteiger partial charge >= 0.3 is 0 Å². The maximum Gasteiger partial charge on any atom is 0.256 e. The number of aliphatic hydroxyl groups is 1. The molecule has 1 heterocycles. The van der Waals surface area contributed by atoms with Gasteiger partial charge in [-0.2, -0.15) is 0 Å². The smallest absolute Gasteiger partial charge is 0.256 e. The van der Waals surface area contributed by atoms with Crippen molar-refractivity contribution in [1.82, 2.24) is 4.90 Å². The van der Waals surface area contributed by atoms with E-state index in [1.54, 1.807) is 0 Å². The van der Waals surface area contributed by atoms with Crippen molar-refractivity contribution in [1.29, 1.82) is 0 Å². The van der Waals surface area contributed by atoms with E-state index in [1.165, 1.54) is 4.90 Å².